The molecule has 1 aromatic heterocycles. The zero-order chi connectivity index (χ0) is 14.7. The van der Waals surface area contributed by atoms with Crippen LogP contribution in [0.4, 0.5) is 0 Å². The number of aryl methyl sites for hydroxylation is 1. The van der Waals surface area contributed by atoms with Crippen molar-refractivity contribution < 1.29 is 9.21 Å². The molecule has 3 aromatic rings. The topological polar surface area (TPSA) is 55.1 Å². The lowest BCUT2D eigenvalue weighted by molar-refractivity contribution is 0.0953. The molecule has 4 heteroatoms. The molecule has 0 unspecified atom stereocenters. The van der Waals surface area contributed by atoms with Crippen LogP contribution in [0.3, 0.4) is 0 Å². The molecule has 0 saturated carbocycles. The van der Waals surface area contributed by atoms with Crippen LogP contribution in [0.5, 0.6) is 0 Å². The van der Waals surface area contributed by atoms with Gasteiger partial charge in [-0.05, 0) is 42.7 Å². The summed E-state index contributed by atoms with van der Waals surface area (Å²) in [6.45, 7) is 2.53. The molecule has 2 aromatic carbocycles. The fourth-order valence-electron chi connectivity index (χ4n) is 2.30. The van der Waals surface area contributed by atoms with E-state index in [0.717, 1.165) is 34.2 Å². The van der Waals surface area contributed by atoms with Crippen molar-refractivity contribution in [1.82, 2.24) is 10.3 Å². The molecule has 1 heterocycles. The third-order valence-electron chi connectivity index (χ3n) is 3.48. The molecule has 106 valence electrons. The second-order valence-electron chi connectivity index (χ2n) is 4.98. The highest BCUT2D eigenvalue weighted by Gasteiger charge is 2.07. The SMILES string of the molecule is Cc1ccccc1C(=O)NCCc1ccc2ncoc2c1. The number of nitrogens with zero attached hydrogens (tertiary/aromatic N) is 1. The molecule has 0 atom stereocenters. The lowest BCUT2D eigenvalue weighted by atomic mass is 10.1. The fraction of sp³-hybridized carbons (Fsp3) is 0.176. The number of carbonyl (C=O) groups is 1. The van der Waals surface area contributed by atoms with E-state index in [1.165, 1.54) is 6.39 Å². The Labute approximate surface area is 122 Å². The Hall–Kier alpha value is -2.62. The van der Waals surface area contributed by atoms with Crippen molar-refractivity contribution in [2.75, 3.05) is 6.54 Å². The van der Waals surface area contributed by atoms with Crippen LogP contribution in [0, 0.1) is 6.92 Å². The van der Waals surface area contributed by atoms with E-state index in [0.29, 0.717) is 6.54 Å². The number of carbonyl (C=O) groups excluding carboxylic acids is 1. The molecule has 0 radical (unpaired) electrons. The largest absolute Gasteiger partial charge is 0.443 e. The summed E-state index contributed by atoms with van der Waals surface area (Å²) in [4.78, 5) is 16.2. The highest BCUT2D eigenvalue weighted by atomic mass is 16.3. The average Bonchev–Trinajstić information content (AvgIpc) is 2.95. The smallest absolute Gasteiger partial charge is 0.251 e. The summed E-state index contributed by atoms with van der Waals surface area (Å²) >= 11 is 0. The van der Waals surface area contributed by atoms with E-state index in [4.69, 9.17) is 4.42 Å². The second-order valence-corrected chi connectivity index (χ2v) is 4.98. The normalized spacial score (nSPS) is 10.7. The van der Waals surface area contributed by atoms with Gasteiger partial charge in [0.2, 0.25) is 0 Å². The number of hydrogen-bond donors (Lipinski definition) is 1. The Morgan fingerprint density at radius 2 is 2.10 bits per heavy atom. The van der Waals surface area contributed by atoms with Crippen LogP contribution in [0.1, 0.15) is 21.5 Å². The first-order valence-electron chi connectivity index (χ1n) is 6.90. The third-order valence-corrected chi connectivity index (χ3v) is 3.48. The Balaban J connectivity index is 1.60. The number of fused-ring (bicyclic) bond motifs is 1. The van der Waals surface area contributed by atoms with Crippen LogP contribution in [0.25, 0.3) is 11.1 Å². The molecular weight excluding hydrogens is 264 g/mol. The molecule has 0 spiro atoms. The minimum absolute atomic E-state index is 0.0335. The van der Waals surface area contributed by atoms with E-state index >= 15 is 0 Å². The molecule has 0 saturated heterocycles. The molecule has 1 amide bonds. The summed E-state index contributed by atoms with van der Waals surface area (Å²) in [6.07, 6.45) is 2.20. The van der Waals surface area contributed by atoms with Crippen molar-refractivity contribution in [2.45, 2.75) is 13.3 Å². The number of rotatable bonds is 4. The number of hydrogen-bond acceptors (Lipinski definition) is 3. The quantitative estimate of drug-likeness (QED) is 0.799. The van der Waals surface area contributed by atoms with E-state index in [1.807, 2.05) is 49.4 Å². The fourth-order valence-corrected chi connectivity index (χ4v) is 2.30. The highest BCUT2D eigenvalue weighted by Crippen LogP contribution is 2.14. The van der Waals surface area contributed by atoms with Crippen LogP contribution in [0.2, 0.25) is 0 Å². The Bertz CT molecular complexity index is 777. The summed E-state index contributed by atoms with van der Waals surface area (Å²) in [5, 5.41) is 2.94. The predicted octanol–water partition coefficient (Wildman–Crippen LogP) is 3.11. The van der Waals surface area contributed by atoms with Crippen LogP contribution in [-0.2, 0) is 6.42 Å². The zero-order valence-corrected chi connectivity index (χ0v) is 11.8. The van der Waals surface area contributed by atoms with Gasteiger partial charge in [0, 0.05) is 12.1 Å². The predicted molar refractivity (Wildman–Crippen MR) is 81.2 cm³/mol. The van der Waals surface area contributed by atoms with E-state index in [2.05, 4.69) is 10.3 Å². The van der Waals surface area contributed by atoms with Crippen LogP contribution in [-0.4, -0.2) is 17.4 Å². The molecule has 1 N–H and O–H groups in total. The highest BCUT2D eigenvalue weighted by molar-refractivity contribution is 5.95. The number of aromatic nitrogens is 1. The maximum Gasteiger partial charge on any atom is 0.251 e. The van der Waals surface area contributed by atoms with E-state index < -0.39 is 0 Å². The monoisotopic (exact) mass is 280 g/mol. The maximum absolute atomic E-state index is 12.1. The van der Waals surface area contributed by atoms with Gasteiger partial charge in [-0.25, -0.2) is 4.98 Å². The van der Waals surface area contributed by atoms with Crippen LogP contribution < -0.4 is 5.32 Å². The van der Waals surface area contributed by atoms with Gasteiger partial charge in [-0.2, -0.15) is 0 Å². The second kappa shape index (κ2) is 5.79. The Morgan fingerprint density at radius 1 is 1.24 bits per heavy atom. The summed E-state index contributed by atoms with van der Waals surface area (Å²) in [5.74, 6) is -0.0335. The lowest BCUT2D eigenvalue weighted by Gasteiger charge is -2.07. The summed E-state index contributed by atoms with van der Waals surface area (Å²) in [5.41, 5.74) is 4.45. The van der Waals surface area contributed by atoms with E-state index in [-0.39, 0.29) is 5.91 Å². The zero-order valence-electron chi connectivity index (χ0n) is 11.8. The van der Waals surface area contributed by atoms with Crippen molar-refractivity contribution in [3.63, 3.8) is 0 Å². The molecule has 0 aliphatic carbocycles. The Kier molecular flexibility index (Phi) is 3.69. The van der Waals surface area contributed by atoms with Gasteiger partial charge < -0.3 is 9.73 Å². The number of oxazole rings is 1. The van der Waals surface area contributed by atoms with Crippen LogP contribution >= 0.6 is 0 Å². The van der Waals surface area contributed by atoms with Gasteiger partial charge in [0.05, 0.1) is 0 Å². The lowest BCUT2D eigenvalue weighted by Crippen LogP contribution is -2.26. The molecule has 21 heavy (non-hydrogen) atoms. The molecular formula is C17H16N2O2. The minimum Gasteiger partial charge on any atom is -0.443 e. The van der Waals surface area contributed by atoms with Gasteiger partial charge in [0.25, 0.3) is 5.91 Å². The standard InChI is InChI=1S/C17H16N2O2/c1-12-4-2-3-5-14(12)17(20)18-9-8-13-6-7-15-16(10-13)21-11-19-15/h2-7,10-11H,8-9H2,1H3,(H,18,20). The van der Waals surface area contributed by atoms with Gasteiger partial charge in [-0.15, -0.1) is 0 Å². The number of amides is 1. The van der Waals surface area contributed by atoms with Gasteiger partial charge >= 0.3 is 0 Å². The average molecular weight is 280 g/mol. The molecule has 4 nitrogen and oxygen atoms in total. The maximum atomic E-state index is 12.1. The third kappa shape index (κ3) is 2.94. The first-order chi connectivity index (χ1) is 10.2. The summed E-state index contributed by atoms with van der Waals surface area (Å²) in [6, 6.07) is 13.5. The molecule has 0 aliphatic heterocycles. The van der Waals surface area contributed by atoms with E-state index in [9.17, 15) is 4.79 Å². The van der Waals surface area contributed by atoms with Crippen LogP contribution in [0.15, 0.2) is 53.3 Å². The first kappa shape index (κ1) is 13.4. The summed E-state index contributed by atoms with van der Waals surface area (Å²) < 4.78 is 5.27. The van der Waals surface area contributed by atoms with E-state index in [1.54, 1.807) is 0 Å². The van der Waals surface area contributed by atoms with Gasteiger partial charge in [0.15, 0.2) is 12.0 Å². The Morgan fingerprint density at radius 3 is 2.95 bits per heavy atom. The van der Waals surface area contributed by atoms with Gasteiger partial charge in [-0.3, -0.25) is 4.79 Å². The first-order valence-corrected chi connectivity index (χ1v) is 6.90. The minimum atomic E-state index is -0.0335. The molecule has 0 fully saturated rings. The molecule has 0 aliphatic rings. The van der Waals surface area contributed by atoms with Crippen molar-refractivity contribution in [3.05, 3.63) is 65.5 Å². The summed E-state index contributed by atoms with van der Waals surface area (Å²) in [7, 11) is 0. The van der Waals surface area contributed by atoms with Crippen molar-refractivity contribution in [3.8, 4) is 0 Å². The molecule has 3 rings (SSSR count). The van der Waals surface area contributed by atoms with Gasteiger partial charge in [0.1, 0.15) is 5.52 Å². The number of nitrogens with one attached hydrogen (secondary N) is 1. The van der Waals surface area contributed by atoms with Crippen molar-refractivity contribution in [2.24, 2.45) is 0 Å². The molecule has 0 bridgehead atoms. The number of benzene rings is 2. The van der Waals surface area contributed by atoms with Crippen molar-refractivity contribution in [1.29, 1.82) is 0 Å². The van der Waals surface area contributed by atoms with Crippen molar-refractivity contribution >= 4 is 17.0 Å². The van der Waals surface area contributed by atoms with Gasteiger partial charge in [-0.1, -0.05) is 24.3 Å².